The first kappa shape index (κ1) is 13.1. The van der Waals surface area contributed by atoms with Crippen molar-refractivity contribution in [3.05, 3.63) is 34.3 Å². The Morgan fingerprint density at radius 3 is 2.71 bits per heavy atom. The van der Waals surface area contributed by atoms with E-state index in [0.29, 0.717) is 0 Å². The van der Waals surface area contributed by atoms with E-state index < -0.39 is 5.91 Å². The molecule has 0 spiro atoms. The number of benzene rings is 1. The Kier molecular flexibility index (Phi) is 6.16. The first-order valence-electron chi connectivity index (χ1n) is 3.73. The van der Waals surface area contributed by atoms with Crippen LogP contribution in [0.3, 0.4) is 0 Å². The van der Waals surface area contributed by atoms with Gasteiger partial charge in [-0.1, -0.05) is 34.1 Å². The van der Waals surface area contributed by atoms with E-state index >= 15 is 0 Å². The molecule has 2 N–H and O–H groups in total. The zero-order valence-corrected chi connectivity index (χ0v) is 9.72. The average molecular weight is 278 g/mol. The minimum atomic E-state index is -0.427. The summed E-state index contributed by atoms with van der Waals surface area (Å²) in [5, 5.41) is 0. The summed E-state index contributed by atoms with van der Waals surface area (Å²) >= 11 is 3.36. The average Bonchev–Trinajstić information content (AvgIpc) is 2.08. The molecule has 5 heteroatoms. The third-order valence-corrected chi connectivity index (χ3v) is 2.10. The minimum absolute atomic E-state index is 0. The molecule has 0 radical (unpaired) electrons. The van der Waals surface area contributed by atoms with Crippen LogP contribution in [-0.2, 0) is 4.79 Å². The number of aliphatic imine (C=N–C) groups is 1. The third kappa shape index (κ3) is 4.39. The van der Waals surface area contributed by atoms with Crippen molar-refractivity contribution in [2.45, 2.75) is 0 Å². The van der Waals surface area contributed by atoms with Crippen LogP contribution in [0, 0.1) is 0 Å². The lowest BCUT2D eigenvalue weighted by molar-refractivity contribution is -0.116. The highest BCUT2D eigenvalue weighted by atomic mass is 79.9. The van der Waals surface area contributed by atoms with Gasteiger partial charge in [-0.15, -0.1) is 12.4 Å². The number of carbonyl (C=O) groups excluding carboxylic acids is 1. The molecule has 0 fully saturated rings. The molecule has 0 aromatic heterocycles. The fraction of sp³-hybridized carbons (Fsp3) is 0.111. The molecule has 3 nitrogen and oxygen atoms in total. The van der Waals surface area contributed by atoms with Crippen molar-refractivity contribution in [3.63, 3.8) is 0 Å². The van der Waals surface area contributed by atoms with Gasteiger partial charge in [-0.25, -0.2) is 0 Å². The van der Waals surface area contributed by atoms with E-state index in [9.17, 15) is 4.79 Å². The van der Waals surface area contributed by atoms with Crippen LogP contribution in [-0.4, -0.2) is 18.7 Å². The number of carbonyl (C=O) groups is 1. The molecule has 0 aliphatic rings. The molecule has 14 heavy (non-hydrogen) atoms. The number of rotatable bonds is 3. The SMILES string of the molecule is Cl.NC(=O)CN=Cc1ccccc1Br. The number of primary amides is 1. The summed E-state index contributed by atoms with van der Waals surface area (Å²) in [6.07, 6.45) is 1.62. The molecule has 0 saturated carbocycles. The molecule has 0 aliphatic heterocycles. The quantitative estimate of drug-likeness (QED) is 0.841. The van der Waals surface area contributed by atoms with Gasteiger partial charge in [0.05, 0.1) is 0 Å². The highest BCUT2D eigenvalue weighted by molar-refractivity contribution is 9.10. The van der Waals surface area contributed by atoms with Gasteiger partial charge in [0.1, 0.15) is 6.54 Å². The lowest BCUT2D eigenvalue weighted by atomic mass is 10.2. The zero-order valence-electron chi connectivity index (χ0n) is 7.31. The number of hydrogen-bond donors (Lipinski definition) is 1. The predicted octanol–water partition coefficient (Wildman–Crippen LogP) is 1.78. The van der Waals surface area contributed by atoms with Crippen molar-refractivity contribution >= 4 is 40.5 Å². The van der Waals surface area contributed by atoms with E-state index in [-0.39, 0.29) is 19.0 Å². The largest absolute Gasteiger partial charge is 0.368 e. The van der Waals surface area contributed by atoms with E-state index in [4.69, 9.17) is 5.73 Å². The van der Waals surface area contributed by atoms with E-state index in [0.717, 1.165) is 10.0 Å². The molecule has 1 amide bonds. The summed E-state index contributed by atoms with van der Waals surface area (Å²) < 4.78 is 0.947. The normalized spacial score (nSPS) is 9.79. The van der Waals surface area contributed by atoms with Crippen LogP contribution < -0.4 is 5.73 Å². The Hall–Kier alpha value is -0.870. The second kappa shape index (κ2) is 6.56. The Labute approximate surface area is 96.9 Å². The fourth-order valence-electron chi connectivity index (χ4n) is 0.814. The third-order valence-electron chi connectivity index (χ3n) is 1.38. The van der Waals surface area contributed by atoms with Gasteiger partial charge in [0.2, 0.25) is 5.91 Å². The van der Waals surface area contributed by atoms with Crippen LogP contribution in [0.15, 0.2) is 33.7 Å². The summed E-state index contributed by atoms with van der Waals surface area (Å²) in [4.78, 5) is 14.2. The second-order valence-electron chi connectivity index (χ2n) is 2.46. The first-order chi connectivity index (χ1) is 6.20. The standard InChI is InChI=1S/C9H9BrN2O.ClH/c10-8-4-2-1-3-7(8)5-12-6-9(11)13;/h1-5H,6H2,(H2,11,13);1H. The Balaban J connectivity index is 0.00000169. The van der Waals surface area contributed by atoms with Gasteiger partial charge in [-0.05, 0) is 6.07 Å². The zero-order chi connectivity index (χ0) is 9.68. The van der Waals surface area contributed by atoms with E-state index in [2.05, 4.69) is 20.9 Å². The van der Waals surface area contributed by atoms with Crippen molar-refractivity contribution in [2.75, 3.05) is 6.54 Å². The fourth-order valence-corrected chi connectivity index (χ4v) is 1.20. The molecule has 1 aromatic rings. The molecule has 0 atom stereocenters. The number of hydrogen-bond acceptors (Lipinski definition) is 2. The van der Waals surface area contributed by atoms with Gasteiger partial charge < -0.3 is 5.73 Å². The molecule has 0 saturated heterocycles. The number of amides is 1. The Bertz CT molecular complexity index is 341. The van der Waals surface area contributed by atoms with Crippen LogP contribution in [0.2, 0.25) is 0 Å². The maximum atomic E-state index is 10.4. The van der Waals surface area contributed by atoms with Crippen molar-refractivity contribution in [3.8, 4) is 0 Å². The van der Waals surface area contributed by atoms with Crippen LogP contribution >= 0.6 is 28.3 Å². The molecule has 0 heterocycles. The lowest BCUT2D eigenvalue weighted by Gasteiger charge is -1.95. The topological polar surface area (TPSA) is 55.5 Å². The Morgan fingerprint density at radius 2 is 2.14 bits per heavy atom. The molecule has 1 rings (SSSR count). The molecule has 1 aromatic carbocycles. The van der Waals surface area contributed by atoms with Gasteiger partial charge >= 0.3 is 0 Å². The summed E-state index contributed by atoms with van der Waals surface area (Å²) in [7, 11) is 0. The molecule has 0 unspecified atom stereocenters. The Morgan fingerprint density at radius 1 is 1.50 bits per heavy atom. The monoisotopic (exact) mass is 276 g/mol. The van der Waals surface area contributed by atoms with Crippen LogP contribution in [0.1, 0.15) is 5.56 Å². The van der Waals surface area contributed by atoms with Gasteiger partial charge in [0.25, 0.3) is 0 Å². The van der Waals surface area contributed by atoms with Crippen molar-refractivity contribution in [2.24, 2.45) is 10.7 Å². The molecule has 76 valence electrons. The van der Waals surface area contributed by atoms with Crippen LogP contribution in [0.25, 0.3) is 0 Å². The van der Waals surface area contributed by atoms with Gasteiger partial charge in [-0.2, -0.15) is 0 Å². The molecule has 0 bridgehead atoms. The van der Waals surface area contributed by atoms with Crippen molar-refractivity contribution in [1.29, 1.82) is 0 Å². The number of halogens is 2. The van der Waals surface area contributed by atoms with E-state index in [1.807, 2.05) is 24.3 Å². The van der Waals surface area contributed by atoms with Gasteiger partial charge in [0.15, 0.2) is 0 Å². The number of nitrogens with two attached hydrogens (primary N) is 1. The maximum absolute atomic E-state index is 10.4. The number of nitrogens with zero attached hydrogens (tertiary/aromatic N) is 1. The predicted molar refractivity (Wildman–Crippen MR) is 63.0 cm³/mol. The maximum Gasteiger partial charge on any atom is 0.239 e. The van der Waals surface area contributed by atoms with Gasteiger partial charge in [-0.3, -0.25) is 9.79 Å². The highest BCUT2D eigenvalue weighted by Gasteiger charge is 1.93. The smallest absolute Gasteiger partial charge is 0.239 e. The van der Waals surface area contributed by atoms with Crippen LogP contribution in [0.5, 0.6) is 0 Å². The molecule has 0 aliphatic carbocycles. The minimum Gasteiger partial charge on any atom is -0.368 e. The highest BCUT2D eigenvalue weighted by Crippen LogP contribution is 2.13. The molecular formula is C9H10BrClN2O. The van der Waals surface area contributed by atoms with Gasteiger partial charge in [0, 0.05) is 16.3 Å². The summed E-state index contributed by atoms with van der Waals surface area (Å²) in [5.74, 6) is -0.427. The second-order valence-corrected chi connectivity index (χ2v) is 3.31. The van der Waals surface area contributed by atoms with Crippen molar-refractivity contribution < 1.29 is 4.79 Å². The molecular weight excluding hydrogens is 267 g/mol. The summed E-state index contributed by atoms with van der Waals surface area (Å²) in [5.41, 5.74) is 5.86. The van der Waals surface area contributed by atoms with E-state index in [1.54, 1.807) is 6.21 Å². The van der Waals surface area contributed by atoms with Crippen molar-refractivity contribution in [1.82, 2.24) is 0 Å². The van der Waals surface area contributed by atoms with E-state index in [1.165, 1.54) is 0 Å². The summed E-state index contributed by atoms with van der Waals surface area (Å²) in [6.45, 7) is 0.0291. The summed E-state index contributed by atoms with van der Waals surface area (Å²) in [6, 6.07) is 7.62. The lowest BCUT2D eigenvalue weighted by Crippen LogP contribution is -2.14. The first-order valence-corrected chi connectivity index (χ1v) is 4.52. The van der Waals surface area contributed by atoms with Crippen LogP contribution in [0.4, 0.5) is 0 Å².